The molecule has 0 aliphatic heterocycles. The van der Waals surface area contributed by atoms with Gasteiger partial charge in [-0.2, -0.15) is 0 Å². The topological polar surface area (TPSA) is 72.3 Å². The molecule has 0 radical (unpaired) electrons. The average molecular weight is 464 g/mol. The number of sulfonamides is 1. The van der Waals surface area contributed by atoms with Crippen LogP contribution in [0.3, 0.4) is 0 Å². The van der Waals surface area contributed by atoms with Crippen LogP contribution in [-0.4, -0.2) is 36.4 Å². The molecule has 0 saturated heterocycles. The van der Waals surface area contributed by atoms with Crippen molar-refractivity contribution in [3.05, 3.63) is 50.6 Å². The van der Waals surface area contributed by atoms with Crippen molar-refractivity contribution in [3.63, 3.8) is 0 Å². The molecule has 0 saturated carbocycles. The number of hydrogen-bond acceptors (Lipinski definition) is 6. The van der Waals surface area contributed by atoms with Crippen LogP contribution in [0.2, 0.25) is 0 Å². The fourth-order valence-electron chi connectivity index (χ4n) is 3.74. The van der Waals surface area contributed by atoms with E-state index < -0.39 is 10.0 Å². The van der Waals surface area contributed by atoms with Gasteiger partial charge in [-0.1, -0.05) is 30.8 Å². The van der Waals surface area contributed by atoms with E-state index in [-0.39, 0.29) is 10.5 Å². The van der Waals surface area contributed by atoms with Crippen LogP contribution in [-0.2, 0) is 35.2 Å². The molecule has 1 aromatic carbocycles. The quantitative estimate of drug-likeness (QED) is 0.393. The summed E-state index contributed by atoms with van der Waals surface area (Å²) >= 11 is 3.14. The van der Waals surface area contributed by atoms with Crippen molar-refractivity contribution in [2.75, 3.05) is 14.1 Å². The highest BCUT2D eigenvalue weighted by atomic mass is 32.2. The van der Waals surface area contributed by atoms with E-state index in [1.54, 1.807) is 34.1 Å². The van der Waals surface area contributed by atoms with Crippen molar-refractivity contribution in [3.8, 4) is 0 Å². The molecule has 0 atom stereocenters. The van der Waals surface area contributed by atoms with Crippen molar-refractivity contribution < 1.29 is 8.42 Å². The number of fused-ring (bicyclic) bond motifs is 3. The zero-order valence-corrected chi connectivity index (χ0v) is 19.8. The van der Waals surface area contributed by atoms with E-state index in [4.69, 9.17) is 4.98 Å². The fraction of sp³-hybridized carbons (Fsp3) is 0.429. The first-order valence-electron chi connectivity index (χ1n) is 10.0. The number of benzene rings is 1. The van der Waals surface area contributed by atoms with Gasteiger partial charge in [0.2, 0.25) is 10.0 Å². The van der Waals surface area contributed by atoms with E-state index in [2.05, 4.69) is 6.92 Å². The smallest absolute Gasteiger partial charge is 0.263 e. The predicted octanol–water partition coefficient (Wildman–Crippen LogP) is 3.90. The van der Waals surface area contributed by atoms with E-state index in [1.807, 2.05) is 6.07 Å². The number of aromatic nitrogens is 2. The normalized spacial score (nSPS) is 14.0. The minimum atomic E-state index is -3.48. The summed E-state index contributed by atoms with van der Waals surface area (Å²) in [4.78, 5) is 20.5. The Hall–Kier alpha value is -1.68. The molecule has 1 aliphatic rings. The first-order chi connectivity index (χ1) is 14.3. The Kier molecular flexibility index (Phi) is 6.07. The maximum absolute atomic E-state index is 13.3. The van der Waals surface area contributed by atoms with Crippen LogP contribution in [0.5, 0.6) is 0 Å². The molecule has 9 heteroatoms. The summed E-state index contributed by atoms with van der Waals surface area (Å²) < 4.78 is 27.8. The Morgan fingerprint density at radius 2 is 2.07 bits per heavy atom. The number of thioether (sulfide) groups is 1. The maximum Gasteiger partial charge on any atom is 0.263 e. The Balaban J connectivity index is 1.68. The van der Waals surface area contributed by atoms with Crippen LogP contribution in [0, 0.1) is 0 Å². The van der Waals surface area contributed by atoms with Gasteiger partial charge in [-0.15, -0.1) is 11.3 Å². The van der Waals surface area contributed by atoms with Gasteiger partial charge in [0.05, 0.1) is 10.3 Å². The third kappa shape index (κ3) is 3.84. The molecule has 160 valence electrons. The number of rotatable bonds is 7. The molecule has 0 fully saturated rings. The van der Waals surface area contributed by atoms with Gasteiger partial charge in [-0.25, -0.2) is 17.7 Å². The predicted molar refractivity (Wildman–Crippen MR) is 123 cm³/mol. The summed E-state index contributed by atoms with van der Waals surface area (Å²) in [5.41, 5.74) is 2.15. The van der Waals surface area contributed by atoms with Gasteiger partial charge in [0, 0.05) is 31.3 Å². The summed E-state index contributed by atoms with van der Waals surface area (Å²) in [6.07, 6.45) is 3.98. The lowest BCUT2D eigenvalue weighted by atomic mass is 10.2. The Bertz CT molecular complexity index is 1260. The van der Waals surface area contributed by atoms with Crippen LogP contribution >= 0.6 is 23.1 Å². The Morgan fingerprint density at radius 1 is 1.27 bits per heavy atom. The number of thiophene rings is 1. The monoisotopic (exact) mass is 463 g/mol. The van der Waals surface area contributed by atoms with Crippen LogP contribution in [0.4, 0.5) is 0 Å². The first kappa shape index (κ1) is 21.5. The van der Waals surface area contributed by atoms with Gasteiger partial charge >= 0.3 is 0 Å². The van der Waals surface area contributed by atoms with E-state index in [0.717, 1.165) is 41.5 Å². The second-order valence-electron chi connectivity index (χ2n) is 7.61. The van der Waals surface area contributed by atoms with Gasteiger partial charge in [0.25, 0.3) is 5.56 Å². The maximum atomic E-state index is 13.3. The molecular weight excluding hydrogens is 438 g/mol. The van der Waals surface area contributed by atoms with E-state index >= 15 is 0 Å². The van der Waals surface area contributed by atoms with Crippen LogP contribution < -0.4 is 5.56 Å². The summed E-state index contributed by atoms with van der Waals surface area (Å²) in [5.74, 6) is 0.545. The first-order valence-corrected chi connectivity index (χ1v) is 13.3. The van der Waals surface area contributed by atoms with Crippen molar-refractivity contribution in [1.82, 2.24) is 13.9 Å². The van der Waals surface area contributed by atoms with Gasteiger partial charge in [0.1, 0.15) is 4.83 Å². The molecule has 0 amide bonds. The van der Waals surface area contributed by atoms with Gasteiger partial charge in [-0.05, 0) is 48.9 Å². The molecule has 4 rings (SSSR count). The molecule has 1 aliphatic carbocycles. The summed E-state index contributed by atoms with van der Waals surface area (Å²) in [6.45, 7) is 2.68. The summed E-state index contributed by atoms with van der Waals surface area (Å²) in [6, 6.07) is 6.96. The Labute approximate surface area is 185 Å². The van der Waals surface area contributed by atoms with Crippen LogP contribution in [0.1, 0.15) is 35.8 Å². The summed E-state index contributed by atoms with van der Waals surface area (Å²) in [5, 5.41) is 1.51. The molecule has 3 aromatic rings. The number of nitrogens with zero attached hydrogens (tertiary/aromatic N) is 3. The van der Waals surface area contributed by atoms with Crippen molar-refractivity contribution in [2.24, 2.45) is 0 Å². The zero-order valence-electron chi connectivity index (χ0n) is 17.3. The molecule has 0 N–H and O–H groups in total. The van der Waals surface area contributed by atoms with Crippen molar-refractivity contribution >= 4 is 43.3 Å². The van der Waals surface area contributed by atoms with Gasteiger partial charge < -0.3 is 0 Å². The lowest BCUT2D eigenvalue weighted by Gasteiger charge is -2.13. The lowest BCUT2D eigenvalue weighted by molar-refractivity contribution is 0.520. The van der Waals surface area contributed by atoms with Crippen molar-refractivity contribution in [1.29, 1.82) is 0 Å². The van der Waals surface area contributed by atoms with E-state index in [0.29, 0.717) is 17.5 Å². The fourth-order valence-corrected chi connectivity index (χ4v) is 6.99. The van der Waals surface area contributed by atoms with E-state index in [9.17, 15) is 13.2 Å². The summed E-state index contributed by atoms with van der Waals surface area (Å²) in [7, 11) is -0.427. The highest BCUT2D eigenvalue weighted by molar-refractivity contribution is 7.98. The van der Waals surface area contributed by atoms with Gasteiger partial charge in [0.15, 0.2) is 5.16 Å². The van der Waals surface area contributed by atoms with Gasteiger partial charge in [-0.3, -0.25) is 9.36 Å². The Morgan fingerprint density at radius 3 is 2.80 bits per heavy atom. The minimum Gasteiger partial charge on any atom is -0.287 e. The third-order valence-electron chi connectivity index (χ3n) is 5.28. The molecule has 2 heterocycles. The number of hydrogen-bond donors (Lipinski definition) is 0. The standard InChI is InChI=1S/C21H25N3O3S3/c1-4-11-24-20(25)18-16-9-6-10-17(16)29-19(18)22-21(24)28-13-14-7-5-8-15(12-14)30(26,27)23(2)3/h5,7-8,12H,4,6,9-11,13H2,1-3H3. The second-order valence-corrected chi connectivity index (χ2v) is 11.8. The molecular formula is C21H25N3O3S3. The second kappa shape index (κ2) is 8.45. The SMILES string of the molecule is CCCn1c(SCc2cccc(S(=O)(=O)N(C)C)c2)nc2sc3c(c2c1=O)CCC3. The number of aryl methyl sites for hydroxylation is 2. The lowest BCUT2D eigenvalue weighted by Crippen LogP contribution is -2.23. The minimum absolute atomic E-state index is 0.0627. The molecule has 0 bridgehead atoms. The van der Waals surface area contributed by atoms with E-state index in [1.165, 1.54) is 40.6 Å². The largest absolute Gasteiger partial charge is 0.287 e. The van der Waals surface area contributed by atoms with Crippen molar-refractivity contribution in [2.45, 2.75) is 55.0 Å². The third-order valence-corrected chi connectivity index (χ3v) is 9.33. The van der Waals surface area contributed by atoms with Crippen LogP contribution in [0.15, 0.2) is 39.1 Å². The molecule has 30 heavy (non-hydrogen) atoms. The highest BCUT2D eigenvalue weighted by Gasteiger charge is 2.23. The zero-order chi connectivity index (χ0) is 21.5. The van der Waals surface area contributed by atoms with Crippen LogP contribution in [0.25, 0.3) is 10.2 Å². The highest BCUT2D eigenvalue weighted by Crippen LogP contribution is 2.36. The molecule has 6 nitrogen and oxygen atoms in total. The average Bonchev–Trinajstić information content (AvgIpc) is 3.29. The molecule has 0 spiro atoms. The molecule has 0 unspecified atom stereocenters. The molecule has 2 aromatic heterocycles.